The van der Waals surface area contributed by atoms with E-state index in [9.17, 15) is 14.4 Å². The average molecular weight is 572 g/mol. The number of hydrogen-bond acceptors (Lipinski definition) is 6. The lowest BCUT2D eigenvalue weighted by atomic mass is 9.92. The monoisotopic (exact) mass is 571 g/mol. The summed E-state index contributed by atoms with van der Waals surface area (Å²) in [5.74, 6) is -0.162. The standard InChI is InChI=1S/C33H41N5O4/c1-8-42-32(40)27-28(24-13-10-9-11-14-24)34-23(7)35-30(27)31(39)37-17-18-38(22(6)19-37)33(41)36-29-25(20(2)3)15-12-16-26(29)21(4)5/h9-16,20-22H,8,17-19H2,1-7H3,(H,36,41). The molecule has 1 saturated heterocycles. The summed E-state index contributed by atoms with van der Waals surface area (Å²) in [5.41, 5.74) is 4.17. The molecule has 0 spiro atoms. The third-order valence-corrected chi connectivity index (χ3v) is 7.53. The number of nitrogens with zero attached hydrogens (tertiary/aromatic N) is 4. The number of aryl methyl sites for hydroxylation is 1. The third-order valence-electron chi connectivity index (χ3n) is 7.53. The number of carbonyl (C=O) groups is 3. The highest BCUT2D eigenvalue weighted by Gasteiger charge is 2.35. The number of aromatic nitrogens is 2. The second-order valence-corrected chi connectivity index (χ2v) is 11.3. The fraction of sp³-hybridized carbons (Fsp3) is 0.424. The quantitative estimate of drug-likeness (QED) is 0.336. The number of piperazine rings is 1. The van der Waals surface area contributed by atoms with Gasteiger partial charge < -0.3 is 19.9 Å². The Bertz CT molecular complexity index is 1430. The van der Waals surface area contributed by atoms with Crippen LogP contribution >= 0.6 is 0 Å². The molecule has 1 aromatic heterocycles. The van der Waals surface area contributed by atoms with Crippen LogP contribution in [0.5, 0.6) is 0 Å². The van der Waals surface area contributed by atoms with Gasteiger partial charge in [0.15, 0.2) is 0 Å². The number of anilines is 1. The van der Waals surface area contributed by atoms with Crippen LogP contribution in [0.1, 0.15) is 91.2 Å². The minimum Gasteiger partial charge on any atom is -0.462 e. The number of benzene rings is 2. The lowest BCUT2D eigenvalue weighted by Crippen LogP contribution is -2.56. The van der Waals surface area contributed by atoms with E-state index in [4.69, 9.17) is 4.74 Å². The van der Waals surface area contributed by atoms with Gasteiger partial charge in [0.2, 0.25) is 0 Å². The summed E-state index contributed by atoms with van der Waals surface area (Å²) in [7, 11) is 0. The topological polar surface area (TPSA) is 105 Å². The van der Waals surface area contributed by atoms with Crippen LogP contribution in [-0.2, 0) is 4.74 Å². The number of nitrogens with one attached hydrogen (secondary N) is 1. The molecule has 3 aromatic rings. The van der Waals surface area contributed by atoms with Gasteiger partial charge in [-0.25, -0.2) is 19.6 Å². The van der Waals surface area contributed by atoms with Crippen molar-refractivity contribution in [3.63, 3.8) is 0 Å². The highest BCUT2D eigenvalue weighted by atomic mass is 16.5. The highest BCUT2D eigenvalue weighted by molar-refractivity contribution is 6.07. The Morgan fingerprint density at radius 2 is 1.60 bits per heavy atom. The molecular weight excluding hydrogens is 530 g/mol. The third kappa shape index (κ3) is 6.45. The molecular formula is C33H41N5O4. The Balaban J connectivity index is 1.59. The zero-order valence-electron chi connectivity index (χ0n) is 25.6. The van der Waals surface area contributed by atoms with E-state index in [1.165, 1.54) is 0 Å². The maximum atomic E-state index is 13.9. The average Bonchev–Trinajstić information content (AvgIpc) is 2.96. The number of para-hydroxylation sites is 1. The zero-order chi connectivity index (χ0) is 30.6. The van der Waals surface area contributed by atoms with Gasteiger partial charge in [0.05, 0.1) is 12.3 Å². The van der Waals surface area contributed by atoms with E-state index in [0.29, 0.717) is 36.7 Å². The van der Waals surface area contributed by atoms with Gasteiger partial charge >= 0.3 is 12.0 Å². The SMILES string of the molecule is CCOC(=O)c1c(C(=O)N2CCN(C(=O)Nc3c(C(C)C)cccc3C(C)C)C(C)C2)nc(C)nc1-c1ccccc1. The highest BCUT2D eigenvalue weighted by Crippen LogP contribution is 2.33. The minimum absolute atomic E-state index is 0.0114. The van der Waals surface area contributed by atoms with Crippen LogP contribution in [0, 0.1) is 6.92 Å². The number of ether oxygens (including phenoxy) is 1. The van der Waals surface area contributed by atoms with Crippen LogP contribution in [0.4, 0.5) is 10.5 Å². The first-order valence-corrected chi connectivity index (χ1v) is 14.6. The van der Waals surface area contributed by atoms with E-state index in [-0.39, 0.29) is 47.7 Å². The normalized spacial score (nSPS) is 15.2. The van der Waals surface area contributed by atoms with E-state index in [2.05, 4.69) is 55.1 Å². The molecule has 1 aliphatic rings. The van der Waals surface area contributed by atoms with Crippen molar-refractivity contribution in [3.05, 3.63) is 76.7 Å². The van der Waals surface area contributed by atoms with Gasteiger partial charge in [-0.15, -0.1) is 0 Å². The molecule has 222 valence electrons. The number of esters is 1. The maximum Gasteiger partial charge on any atom is 0.342 e. The van der Waals surface area contributed by atoms with E-state index in [1.54, 1.807) is 23.6 Å². The predicted octanol–water partition coefficient (Wildman–Crippen LogP) is 6.25. The fourth-order valence-electron chi connectivity index (χ4n) is 5.40. The van der Waals surface area contributed by atoms with E-state index < -0.39 is 5.97 Å². The zero-order valence-corrected chi connectivity index (χ0v) is 25.6. The molecule has 0 saturated carbocycles. The van der Waals surface area contributed by atoms with Crippen LogP contribution in [-0.4, -0.2) is 70.0 Å². The number of rotatable bonds is 7. The van der Waals surface area contributed by atoms with E-state index in [0.717, 1.165) is 16.8 Å². The predicted molar refractivity (Wildman–Crippen MR) is 164 cm³/mol. The molecule has 1 N–H and O–H groups in total. The lowest BCUT2D eigenvalue weighted by Gasteiger charge is -2.40. The number of carbonyl (C=O) groups excluding carboxylic acids is 3. The second-order valence-electron chi connectivity index (χ2n) is 11.3. The molecule has 0 aliphatic carbocycles. The molecule has 9 heteroatoms. The molecule has 1 unspecified atom stereocenters. The van der Waals surface area contributed by atoms with Crippen molar-refractivity contribution >= 4 is 23.6 Å². The summed E-state index contributed by atoms with van der Waals surface area (Å²) < 4.78 is 5.34. The summed E-state index contributed by atoms with van der Waals surface area (Å²) in [4.78, 5) is 53.0. The van der Waals surface area contributed by atoms with Gasteiger partial charge in [0.25, 0.3) is 5.91 Å². The van der Waals surface area contributed by atoms with Gasteiger partial charge in [-0.2, -0.15) is 0 Å². The molecule has 2 heterocycles. The molecule has 42 heavy (non-hydrogen) atoms. The second kappa shape index (κ2) is 13.1. The first-order valence-electron chi connectivity index (χ1n) is 14.6. The summed E-state index contributed by atoms with van der Waals surface area (Å²) in [5, 5.41) is 3.19. The molecule has 1 aliphatic heterocycles. The number of hydrogen-bond donors (Lipinski definition) is 1. The fourth-order valence-corrected chi connectivity index (χ4v) is 5.40. The van der Waals surface area contributed by atoms with Crippen LogP contribution in [0.2, 0.25) is 0 Å². The molecule has 1 fully saturated rings. The molecule has 3 amide bonds. The Hall–Kier alpha value is -4.27. The Kier molecular flexibility index (Phi) is 9.60. The molecule has 9 nitrogen and oxygen atoms in total. The Morgan fingerprint density at radius 1 is 0.952 bits per heavy atom. The first-order chi connectivity index (χ1) is 20.0. The lowest BCUT2D eigenvalue weighted by molar-refractivity contribution is 0.0505. The Labute approximate surface area is 248 Å². The van der Waals surface area contributed by atoms with Gasteiger partial charge in [-0.1, -0.05) is 76.2 Å². The van der Waals surface area contributed by atoms with Crippen LogP contribution in [0.15, 0.2) is 48.5 Å². The number of amides is 3. The Morgan fingerprint density at radius 3 is 2.17 bits per heavy atom. The van der Waals surface area contributed by atoms with Gasteiger partial charge in [-0.05, 0) is 43.7 Å². The van der Waals surface area contributed by atoms with Gasteiger partial charge in [-0.3, -0.25) is 4.79 Å². The van der Waals surface area contributed by atoms with E-state index >= 15 is 0 Å². The molecule has 4 rings (SSSR count). The molecule has 2 aromatic carbocycles. The van der Waals surface area contributed by atoms with Crippen LogP contribution < -0.4 is 5.32 Å². The van der Waals surface area contributed by atoms with Crippen molar-refractivity contribution < 1.29 is 19.1 Å². The summed E-state index contributed by atoms with van der Waals surface area (Å²) in [6, 6.07) is 14.9. The number of urea groups is 1. The van der Waals surface area contributed by atoms with Crippen LogP contribution in [0.25, 0.3) is 11.3 Å². The summed E-state index contributed by atoms with van der Waals surface area (Å²) in [6.45, 7) is 14.9. The first kappa shape index (κ1) is 30.7. The van der Waals surface area contributed by atoms with Crippen molar-refractivity contribution in [3.8, 4) is 11.3 Å². The van der Waals surface area contributed by atoms with Crippen molar-refractivity contribution in [2.45, 2.75) is 66.3 Å². The summed E-state index contributed by atoms with van der Waals surface area (Å²) in [6.07, 6.45) is 0. The van der Waals surface area contributed by atoms with Crippen molar-refractivity contribution in [2.24, 2.45) is 0 Å². The largest absolute Gasteiger partial charge is 0.462 e. The van der Waals surface area contributed by atoms with Crippen LogP contribution in [0.3, 0.4) is 0 Å². The van der Waals surface area contributed by atoms with Crippen molar-refractivity contribution in [1.82, 2.24) is 19.8 Å². The van der Waals surface area contributed by atoms with E-state index in [1.807, 2.05) is 43.3 Å². The van der Waals surface area contributed by atoms with Gasteiger partial charge in [0.1, 0.15) is 17.1 Å². The minimum atomic E-state index is -0.643. The molecule has 1 atom stereocenters. The van der Waals surface area contributed by atoms with Crippen molar-refractivity contribution in [1.29, 1.82) is 0 Å². The van der Waals surface area contributed by atoms with Crippen molar-refractivity contribution in [2.75, 3.05) is 31.6 Å². The maximum absolute atomic E-state index is 13.9. The summed E-state index contributed by atoms with van der Waals surface area (Å²) >= 11 is 0. The smallest absolute Gasteiger partial charge is 0.342 e. The van der Waals surface area contributed by atoms with Gasteiger partial charge in [0, 0.05) is 36.9 Å². The molecule has 0 radical (unpaired) electrons. The molecule has 0 bridgehead atoms.